The van der Waals surface area contributed by atoms with Gasteiger partial charge in [0.05, 0.1) is 5.69 Å². The molecule has 1 aromatic heterocycles. The summed E-state index contributed by atoms with van der Waals surface area (Å²) in [7, 11) is 0. The van der Waals surface area contributed by atoms with E-state index in [-0.39, 0.29) is 5.78 Å². The third-order valence-electron chi connectivity index (χ3n) is 2.47. The molecule has 0 fully saturated rings. The summed E-state index contributed by atoms with van der Waals surface area (Å²) in [5.41, 5.74) is 2.62. The van der Waals surface area contributed by atoms with Gasteiger partial charge < -0.3 is 0 Å². The number of pyridine rings is 1. The number of nitrogens with zero attached hydrogens (tertiary/aromatic N) is 1. The van der Waals surface area contributed by atoms with Crippen molar-refractivity contribution in [2.45, 2.75) is 13.3 Å². The van der Waals surface area contributed by atoms with Gasteiger partial charge in [0, 0.05) is 23.7 Å². The number of hydrogen-bond acceptors (Lipinski definition) is 2. The van der Waals surface area contributed by atoms with Crippen LogP contribution in [0.3, 0.4) is 0 Å². The molecule has 0 aliphatic heterocycles. The third kappa shape index (κ3) is 2.16. The second-order valence-corrected chi connectivity index (χ2v) is 3.57. The van der Waals surface area contributed by atoms with Gasteiger partial charge in [-0.05, 0) is 12.1 Å². The number of Topliss-reactive ketones (excluding diaryl/α,β-unsaturated/α-hetero) is 1. The van der Waals surface area contributed by atoms with Crippen molar-refractivity contribution in [3.63, 3.8) is 0 Å². The SMILES string of the molecule is CCC(=O)c1ccnc(-c2ccccc2)c1. The van der Waals surface area contributed by atoms with Crippen LogP contribution in [-0.2, 0) is 0 Å². The van der Waals surface area contributed by atoms with Crippen molar-refractivity contribution < 1.29 is 4.79 Å². The molecule has 2 nitrogen and oxygen atoms in total. The molecule has 0 unspecified atom stereocenters. The molecule has 0 atom stereocenters. The second kappa shape index (κ2) is 4.71. The minimum absolute atomic E-state index is 0.152. The first-order chi connectivity index (χ1) is 7.81. The Morgan fingerprint density at radius 2 is 1.94 bits per heavy atom. The lowest BCUT2D eigenvalue weighted by atomic mass is 10.1. The maximum atomic E-state index is 11.6. The molecule has 2 heteroatoms. The van der Waals surface area contributed by atoms with Crippen molar-refractivity contribution in [3.8, 4) is 11.3 Å². The number of benzene rings is 1. The van der Waals surface area contributed by atoms with E-state index in [1.54, 1.807) is 12.3 Å². The molecule has 80 valence electrons. The molecular formula is C14H13NO. The van der Waals surface area contributed by atoms with E-state index in [2.05, 4.69) is 4.98 Å². The minimum atomic E-state index is 0.152. The third-order valence-corrected chi connectivity index (χ3v) is 2.47. The van der Waals surface area contributed by atoms with E-state index in [0.717, 1.165) is 16.8 Å². The smallest absolute Gasteiger partial charge is 0.162 e. The van der Waals surface area contributed by atoms with Gasteiger partial charge in [-0.1, -0.05) is 37.3 Å². The standard InChI is InChI=1S/C14H13NO/c1-2-14(16)12-8-9-15-13(10-12)11-6-4-3-5-7-11/h3-10H,2H2,1H3. The molecule has 2 aromatic rings. The maximum Gasteiger partial charge on any atom is 0.162 e. The van der Waals surface area contributed by atoms with Crippen LogP contribution >= 0.6 is 0 Å². The van der Waals surface area contributed by atoms with Crippen LogP contribution in [0.1, 0.15) is 23.7 Å². The molecule has 0 aliphatic carbocycles. The largest absolute Gasteiger partial charge is 0.294 e. The van der Waals surface area contributed by atoms with Gasteiger partial charge in [0.2, 0.25) is 0 Å². The average molecular weight is 211 g/mol. The summed E-state index contributed by atoms with van der Waals surface area (Å²) in [6.45, 7) is 1.87. The molecule has 0 spiro atoms. The first kappa shape index (κ1) is 10.6. The predicted molar refractivity (Wildman–Crippen MR) is 64.3 cm³/mol. The van der Waals surface area contributed by atoms with Crippen LogP contribution in [0.4, 0.5) is 0 Å². The van der Waals surface area contributed by atoms with Crippen molar-refractivity contribution >= 4 is 5.78 Å². The van der Waals surface area contributed by atoms with Gasteiger partial charge in [0.25, 0.3) is 0 Å². The Labute approximate surface area is 95.0 Å². The van der Waals surface area contributed by atoms with Gasteiger partial charge in [-0.25, -0.2) is 0 Å². The monoisotopic (exact) mass is 211 g/mol. The predicted octanol–water partition coefficient (Wildman–Crippen LogP) is 3.34. The number of aromatic nitrogens is 1. The molecule has 0 N–H and O–H groups in total. The molecule has 0 amide bonds. The lowest BCUT2D eigenvalue weighted by molar-refractivity contribution is 0.0988. The molecule has 0 saturated carbocycles. The fourth-order valence-corrected chi connectivity index (χ4v) is 1.57. The summed E-state index contributed by atoms with van der Waals surface area (Å²) >= 11 is 0. The molecule has 0 bridgehead atoms. The van der Waals surface area contributed by atoms with Gasteiger partial charge in [-0.3, -0.25) is 9.78 Å². The number of carbonyl (C=O) groups excluding carboxylic acids is 1. The zero-order valence-electron chi connectivity index (χ0n) is 9.18. The van der Waals surface area contributed by atoms with E-state index >= 15 is 0 Å². The zero-order valence-corrected chi connectivity index (χ0v) is 9.18. The van der Waals surface area contributed by atoms with Gasteiger partial charge >= 0.3 is 0 Å². The van der Waals surface area contributed by atoms with Crippen molar-refractivity contribution in [1.29, 1.82) is 0 Å². The first-order valence-electron chi connectivity index (χ1n) is 5.36. The minimum Gasteiger partial charge on any atom is -0.294 e. The Morgan fingerprint density at radius 1 is 1.19 bits per heavy atom. The van der Waals surface area contributed by atoms with Gasteiger partial charge in [0.15, 0.2) is 5.78 Å². The zero-order chi connectivity index (χ0) is 11.4. The molecule has 0 saturated heterocycles. The van der Waals surface area contributed by atoms with Gasteiger partial charge in [-0.2, -0.15) is 0 Å². The second-order valence-electron chi connectivity index (χ2n) is 3.57. The van der Waals surface area contributed by atoms with Gasteiger partial charge in [-0.15, -0.1) is 0 Å². The molecule has 1 heterocycles. The van der Waals surface area contributed by atoms with Crippen LogP contribution in [-0.4, -0.2) is 10.8 Å². The molecule has 0 aliphatic rings. The summed E-state index contributed by atoms with van der Waals surface area (Å²) in [6.07, 6.45) is 2.21. The number of carbonyl (C=O) groups is 1. The van der Waals surface area contributed by atoms with E-state index in [1.165, 1.54) is 0 Å². The van der Waals surface area contributed by atoms with Crippen LogP contribution < -0.4 is 0 Å². The van der Waals surface area contributed by atoms with Crippen LogP contribution in [0.15, 0.2) is 48.7 Å². The van der Waals surface area contributed by atoms with E-state index in [1.807, 2.05) is 43.3 Å². The normalized spacial score (nSPS) is 10.1. The maximum absolute atomic E-state index is 11.6. The Kier molecular flexibility index (Phi) is 3.10. The van der Waals surface area contributed by atoms with Crippen LogP contribution in [0.25, 0.3) is 11.3 Å². The highest BCUT2D eigenvalue weighted by Crippen LogP contribution is 2.17. The molecule has 0 radical (unpaired) electrons. The Bertz CT molecular complexity index is 491. The molecule has 16 heavy (non-hydrogen) atoms. The van der Waals surface area contributed by atoms with Crippen molar-refractivity contribution in [2.75, 3.05) is 0 Å². The van der Waals surface area contributed by atoms with Crippen LogP contribution in [0.5, 0.6) is 0 Å². The number of rotatable bonds is 3. The van der Waals surface area contributed by atoms with Crippen molar-refractivity contribution in [1.82, 2.24) is 4.98 Å². The Morgan fingerprint density at radius 3 is 2.62 bits per heavy atom. The Balaban J connectivity index is 2.40. The fourth-order valence-electron chi connectivity index (χ4n) is 1.57. The lowest BCUT2D eigenvalue weighted by Gasteiger charge is -2.02. The fraction of sp³-hybridized carbons (Fsp3) is 0.143. The number of hydrogen-bond donors (Lipinski definition) is 0. The van der Waals surface area contributed by atoms with Gasteiger partial charge in [0.1, 0.15) is 0 Å². The van der Waals surface area contributed by atoms with Crippen LogP contribution in [0, 0.1) is 0 Å². The molecular weight excluding hydrogens is 198 g/mol. The average Bonchev–Trinajstić information content (AvgIpc) is 2.39. The topological polar surface area (TPSA) is 30.0 Å². The van der Waals surface area contributed by atoms with E-state index in [9.17, 15) is 4.79 Å². The number of ketones is 1. The lowest BCUT2D eigenvalue weighted by Crippen LogP contribution is -1.97. The summed E-state index contributed by atoms with van der Waals surface area (Å²) in [4.78, 5) is 15.8. The quantitative estimate of drug-likeness (QED) is 0.729. The van der Waals surface area contributed by atoms with Crippen molar-refractivity contribution in [2.24, 2.45) is 0 Å². The Hall–Kier alpha value is -1.96. The highest BCUT2D eigenvalue weighted by atomic mass is 16.1. The highest BCUT2D eigenvalue weighted by molar-refractivity contribution is 5.96. The van der Waals surface area contributed by atoms with Crippen LogP contribution in [0.2, 0.25) is 0 Å². The summed E-state index contributed by atoms with van der Waals surface area (Å²) < 4.78 is 0. The molecule has 2 rings (SSSR count). The summed E-state index contributed by atoms with van der Waals surface area (Å²) in [5.74, 6) is 0.152. The van der Waals surface area contributed by atoms with E-state index < -0.39 is 0 Å². The summed E-state index contributed by atoms with van der Waals surface area (Å²) in [5, 5.41) is 0. The first-order valence-corrected chi connectivity index (χ1v) is 5.36. The summed E-state index contributed by atoms with van der Waals surface area (Å²) in [6, 6.07) is 13.5. The highest BCUT2D eigenvalue weighted by Gasteiger charge is 2.05. The van der Waals surface area contributed by atoms with E-state index in [4.69, 9.17) is 0 Å². The molecule has 1 aromatic carbocycles. The van der Waals surface area contributed by atoms with Crippen molar-refractivity contribution in [3.05, 3.63) is 54.2 Å². The van der Waals surface area contributed by atoms with E-state index in [0.29, 0.717) is 6.42 Å².